The van der Waals surface area contributed by atoms with Crippen molar-refractivity contribution in [2.45, 2.75) is 13.8 Å². The van der Waals surface area contributed by atoms with Gasteiger partial charge in [-0.25, -0.2) is 9.97 Å². The van der Waals surface area contributed by atoms with Gasteiger partial charge in [0.1, 0.15) is 22.2 Å². The molecular weight excluding hydrogens is 332 g/mol. The molecule has 0 atom stereocenters. The maximum Gasteiger partial charge on any atom is 0.142 e. The van der Waals surface area contributed by atoms with Crippen molar-refractivity contribution < 1.29 is 4.74 Å². The van der Waals surface area contributed by atoms with Crippen LogP contribution in [0.1, 0.15) is 12.7 Å². The van der Waals surface area contributed by atoms with Gasteiger partial charge in [0.2, 0.25) is 0 Å². The van der Waals surface area contributed by atoms with Gasteiger partial charge in [-0.15, -0.1) is 11.3 Å². The van der Waals surface area contributed by atoms with Crippen LogP contribution in [0.5, 0.6) is 5.75 Å². The van der Waals surface area contributed by atoms with Gasteiger partial charge in [0, 0.05) is 26.2 Å². The maximum atomic E-state index is 5.79. The number of para-hydroxylation sites is 2. The molecule has 6 heteroatoms. The lowest BCUT2D eigenvalue weighted by molar-refractivity contribution is 0.340. The van der Waals surface area contributed by atoms with Gasteiger partial charge in [0.05, 0.1) is 17.7 Å². The number of thiophene rings is 1. The molecule has 3 heterocycles. The first-order valence-corrected chi connectivity index (χ1v) is 9.58. The quantitative estimate of drug-likeness (QED) is 0.714. The van der Waals surface area contributed by atoms with Crippen LogP contribution >= 0.6 is 11.3 Å². The lowest BCUT2D eigenvalue weighted by atomic mass is 10.2. The van der Waals surface area contributed by atoms with E-state index in [1.807, 2.05) is 26.0 Å². The first kappa shape index (κ1) is 16.1. The van der Waals surface area contributed by atoms with E-state index < -0.39 is 0 Å². The minimum absolute atomic E-state index is 0.688. The molecule has 2 aromatic heterocycles. The zero-order chi connectivity index (χ0) is 17.2. The minimum atomic E-state index is 0.688. The fourth-order valence-electron chi connectivity index (χ4n) is 3.34. The highest BCUT2D eigenvalue weighted by Gasteiger charge is 2.22. The number of benzene rings is 1. The largest absolute Gasteiger partial charge is 0.492 e. The van der Waals surface area contributed by atoms with Crippen molar-refractivity contribution in [3.8, 4) is 5.75 Å². The average molecular weight is 354 g/mol. The number of fused-ring (bicyclic) bond motifs is 1. The Hall–Kier alpha value is -2.34. The number of hydrogen-bond donors (Lipinski definition) is 0. The monoisotopic (exact) mass is 354 g/mol. The van der Waals surface area contributed by atoms with Gasteiger partial charge in [0.25, 0.3) is 0 Å². The Bertz CT molecular complexity index is 871. The van der Waals surface area contributed by atoms with Crippen molar-refractivity contribution in [2.75, 3.05) is 42.6 Å². The second kappa shape index (κ2) is 6.88. The van der Waals surface area contributed by atoms with Gasteiger partial charge in [-0.1, -0.05) is 12.1 Å². The molecule has 0 bridgehead atoms. The smallest absolute Gasteiger partial charge is 0.142 e. The number of aromatic nitrogens is 2. The minimum Gasteiger partial charge on any atom is -0.492 e. The van der Waals surface area contributed by atoms with Crippen LogP contribution < -0.4 is 14.5 Å². The molecule has 4 rings (SSSR count). The Labute approximate surface area is 151 Å². The summed E-state index contributed by atoms with van der Waals surface area (Å²) in [5.41, 5.74) is 1.18. The van der Waals surface area contributed by atoms with Gasteiger partial charge >= 0.3 is 0 Å². The molecule has 0 unspecified atom stereocenters. The zero-order valence-electron chi connectivity index (χ0n) is 14.6. The van der Waals surface area contributed by atoms with Crippen molar-refractivity contribution in [1.82, 2.24) is 9.97 Å². The third-order valence-corrected chi connectivity index (χ3v) is 5.31. The fraction of sp³-hybridized carbons (Fsp3) is 0.368. The number of piperazine rings is 1. The Balaban J connectivity index is 1.54. The molecule has 1 saturated heterocycles. The van der Waals surface area contributed by atoms with E-state index in [4.69, 9.17) is 9.72 Å². The molecule has 0 N–H and O–H groups in total. The lowest BCUT2D eigenvalue weighted by Crippen LogP contribution is -2.47. The van der Waals surface area contributed by atoms with Crippen LogP contribution in [0.4, 0.5) is 11.5 Å². The number of hydrogen-bond acceptors (Lipinski definition) is 6. The zero-order valence-corrected chi connectivity index (χ0v) is 15.4. The summed E-state index contributed by atoms with van der Waals surface area (Å²) >= 11 is 1.68. The summed E-state index contributed by atoms with van der Waals surface area (Å²) in [5, 5.41) is 3.26. The standard InChI is InChI=1S/C19H22N4OS/c1-3-24-17-7-5-4-6-16(17)22-9-11-23(12-10-22)18-15-8-13-25-19(15)21-14(2)20-18/h4-8,13H,3,9-12H2,1-2H3. The lowest BCUT2D eigenvalue weighted by Gasteiger charge is -2.37. The topological polar surface area (TPSA) is 41.5 Å². The highest BCUT2D eigenvalue weighted by atomic mass is 32.1. The molecule has 1 aromatic carbocycles. The van der Waals surface area contributed by atoms with Crippen molar-refractivity contribution >= 4 is 33.1 Å². The Morgan fingerprint density at radius 2 is 1.80 bits per heavy atom. The summed E-state index contributed by atoms with van der Waals surface area (Å²) in [6.45, 7) is 8.49. The van der Waals surface area contributed by atoms with Crippen LogP contribution in [-0.4, -0.2) is 42.8 Å². The predicted molar refractivity (Wildman–Crippen MR) is 104 cm³/mol. The number of nitrogens with zero attached hydrogens (tertiary/aromatic N) is 4. The van der Waals surface area contributed by atoms with Crippen molar-refractivity contribution in [3.05, 3.63) is 41.5 Å². The summed E-state index contributed by atoms with van der Waals surface area (Å²) in [7, 11) is 0. The normalized spacial score (nSPS) is 15.0. The second-order valence-electron chi connectivity index (χ2n) is 6.11. The van der Waals surface area contributed by atoms with Crippen LogP contribution in [0.15, 0.2) is 35.7 Å². The molecule has 1 aliphatic heterocycles. The highest BCUT2D eigenvalue weighted by Crippen LogP contribution is 2.31. The predicted octanol–water partition coefficient (Wildman–Crippen LogP) is 3.73. The van der Waals surface area contributed by atoms with Crippen LogP contribution in [0.25, 0.3) is 10.2 Å². The molecule has 5 nitrogen and oxygen atoms in total. The SMILES string of the molecule is CCOc1ccccc1N1CCN(c2nc(C)nc3sccc23)CC1. The van der Waals surface area contributed by atoms with E-state index in [0.717, 1.165) is 48.4 Å². The van der Waals surface area contributed by atoms with E-state index in [1.54, 1.807) is 11.3 Å². The van der Waals surface area contributed by atoms with Gasteiger partial charge in [-0.05, 0) is 37.4 Å². The van der Waals surface area contributed by atoms with E-state index in [-0.39, 0.29) is 0 Å². The van der Waals surface area contributed by atoms with Crippen LogP contribution in [0.2, 0.25) is 0 Å². The summed E-state index contributed by atoms with van der Waals surface area (Å²) in [5.74, 6) is 2.88. The van der Waals surface area contributed by atoms with E-state index in [1.165, 1.54) is 11.1 Å². The molecule has 0 aliphatic carbocycles. The van der Waals surface area contributed by atoms with E-state index in [2.05, 4.69) is 38.4 Å². The van der Waals surface area contributed by atoms with E-state index in [0.29, 0.717) is 6.61 Å². The van der Waals surface area contributed by atoms with Crippen LogP contribution in [0, 0.1) is 6.92 Å². The highest BCUT2D eigenvalue weighted by molar-refractivity contribution is 7.16. The Kier molecular flexibility index (Phi) is 4.44. The molecular formula is C19H22N4OS. The molecule has 0 spiro atoms. The van der Waals surface area contributed by atoms with Gasteiger partial charge in [-0.2, -0.15) is 0 Å². The molecule has 130 valence electrons. The Morgan fingerprint density at radius 1 is 1.04 bits per heavy atom. The number of aryl methyl sites for hydroxylation is 1. The van der Waals surface area contributed by atoms with Crippen molar-refractivity contribution in [1.29, 1.82) is 0 Å². The third-order valence-electron chi connectivity index (χ3n) is 4.50. The first-order chi connectivity index (χ1) is 12.3. The van der Waals surface area contributed by atoms with Crippen molar-refractivity contribution in [3.63, 3.8) is 0 Å². The summed E-state index contributed by atoms with van der Waals surface area (Å²) in [6, 6.07) is 10.4. The summed E-state index contributed by atoms with van der Waals surface area (Å²) < 4.78 is 5.79. The molecule has 1 fully saturated rings. The molecule has 25 heavy (non-hydrogen) atoms. The second-order valence-corrected chi connectivity index (χ2v) is 7.00. The van der Waals surface area contributed by atoms with Crippen molar-refractivity contribution in [2.24, 2.45) is 0 Å². The summed E-state index contributed by atoms with van der Waals surface area (Å²) in [6.07, 6.45) is 0. The first-order valence-electron chi connectivity index (χ1n) is 8.70. The molecule has 3 aromatic rings. The van der Waals surface area contributed by atoms with Crippen LogP contribution in [0.3, 0.4) is 0 Å². The number of rotatable bonds is 4. The van der Waals surface area contributed by atoms with Gasteiger partial charge < -0.3 is 14.5 Å². The molecule has 0 saturated carbocycles. The van der Waals surface area contributed by atoms with Crippen LogP contribution in [-0.2, 0) is 0 Å². The molecule has 0 radical (unpaired) electrons. The van der Waals surface area contributed by atoms with Gasteiger partial charge in [0.15, 0.2) is 0 Å². The maximum absolute atomic E-state index is 5.79. The number of anilines is 2. The molecule has 0 amide bonds. The number of ether oxygens (including phenoxy) is 1. The third kappa shape index (κ3) is 3.14. The van der Waals surface area contributed by atoms with Gasteiger partial charge in [-0.3, -0.25) is 0 Å². The summed E-state index contributed by atoms with van der Waals surface area (Å²) in [4.78, 5) is 15.1. The average Bonchev–Trinajstić information content (AvgIpc) is 3.10. The van der Waals surface area contributed by atoms with E-state index in [9.17, 15) is 0 Å². The fourth-order valence-corrected chi connectivity index (χ4v) is 4.14. The van der Waals surface area contributed by atoms with E-state index >= 15 is 0 Å². The Morgan fingerprint density at radius 3 is 2.60 bits per heavy atom. The molecule has 1 aliphatic rings.